The van der Waals surface area contributed by atoms with Crippen LogP contribution in [0.15, 0.2) is 48.2 Å². The molecular weight excluding hydrogens is 184 g/mol. The molecule has 2 rings (SSSR count). The van der Waals surface area contributed by atoms with Crippen LogP contribution in [0.5, 0.6) is 0 Å². The number of benzene rings is 1. The third-order valence-corrected chi connectivity index (χ3v) is 3.14. The quantitative estimate of drug-likeness (QED) is 0.666. The molecule has 78 valence electrons. The second kappa shape index (κ2) is 4.48. The van der Waals surface area contributed by atoms with E-state index in [1.165, 1.54) is 11.1 Å². The maximum atomic E-state index is 5.43. The van der Waals surface area contributed by atoms with Crippen LogP contribution in [-0.4, -0.2) is 13.2 Å². The summed E-state index contributed by atoms with van der Waals surface area (Å²) in [5, 5.41) is 0. The zero-order chi connectivity index (χ0) is 10.7. The smallest absolute Gasteiger partial charge is 0.0860 e. The first-order valence-corrected chi connectivity index (χ1v) is 5.31. The minimum Gasteiger partial charge on any atom is -0.376 e. The van der Waals surface area contributed by atoms with Crippen LogP contribution in [-0.2, 0) is 4.74 Å². The molecule has 15 heavy (non-hydrogen) atoms. The van der Waals surface area contributed by atoms with Gasteiger partial charge in [0.2, 0.25) is 0 Å². The van der Waals surface area contributed by atoms with Crippen LogP contribution < -0.4 is 0 Å². The van der Waals surface area contributed by atoms with Gasteiger partial charge in [0.05, 0.1) is 6.10 Å². The lowest BCUT2D eigenvalue weighted by atomic mass is 9.97. The van der Waals surface area contributed by atoms with Crippen molar-refractivity contribution in [2.45, 2.75) is 24.9 Å². The first kappa shape index (κ1) is 10.2. The van der Waals surface area contributed by atoms with Crippen molar-refractivity contribution < 1.29 is 4.74 Å². The van der Waals surface area contributed by atoms with Crippen molar-refractivity contribution in [2.24, 2.45) is 0 Å². The zero-order valence-electron chi connectivity index (χ0n) is 9.07. The van der Waals surface area contributed by atoms with Crippen molar-refractivity contribution in [1.29, 1.82) is 0 Å². The van der Waals surface area contributed by atoms with Gasteiger partial charge in [-0.25, -0.2) is 0 Å². The van der Waals surface area contributed by atoms with Gasteiger partial charge in [0.1, 0.15) is 0 Å². The van der Waals surface area contributed by atoms with Crippen molar-refractivity contribution >= 4 is 0 Å². The van der Waals surface area contributed by atoms with Crippen LogP contribution in [0.1, 0.15) is 24.3 Å². The summed E-state index contributed by atoms with van der Waals surface area (Å²) in [5.74, 6) is 0.570. The summed E-state index contributed by atoms with van der Waals surface area (Å²) in [6.07, 6.45) is 2.30. The molecule has 0 saturated heterocycles. The molecule has 2 unspecified atom stereocenters. The molecule has 0 amide bonds. The molecule has 1 aliphatic carbocycles. The van der Waals surface area contributed by atoms with Crippen molar-refractivity contribution in [3.8, 4) is 0 Å². The topological polar surface area (TPSA) is 9.23 Å². The van der Waals surface area contributed by atoms with E-state index in [9.17, 15) is 0 Å². The second-order valence-corrected chi connectivity index (χ2v) is 3.97. The molecule has 0 radical (unpaired) electrons. The number of hydrogen-bond donors (Lipinski definition) is 0. The normalized spacial score (nSPS) is 25.3. The van der Waals surface area contributed by atoms with E-state index in [1.807, 2.05) is 0 Å². The van der Waals surface area contributed by atoms with E-state index in [1.54, 1.807) is 7.11 Å². The molecule has 1 nitrogen and oxygen atoms in total. The van der Waals surface area contributed by atoms with E-state index in [0.717, 1.165) is 12.8 Å². The van der Waals surface area contributed by atoms with E-state index in [-0.39, 0.29) is 6.10 Å². The van der Waals surface area contributed by atoms with Crippen LogP contribution in [0.3, 0.4) is 0 Å². The maximum absolute atomic E-state index is 5.43. The van der Waals surface area contributed by atoms with Gasteiger partial charge in [-0.15, -0.1) is 5.73 Å². The Morgan fingerprint density at radius 3 is 2.60 bits per heavy atom. The Morgan fingerprint density at radius 1 is 1.33 bits per heavy atom. The molecule has 1 saturated carbocycles. The van der Waals surface area contributed by atoms with E-state index in [0.29, 0.717) is 5.92 Å². The van der Waals surface area contributed by atoms with Crippen molar-refractivity contribution in [3.05, 3.63) is 53.8 Å². The molecule has 2 atom stereocenters. The van der Waals surface area contributed by atoms with Crippen LogP contribution in [0, 0.1) is 0 Å². The van der Waals surface area contributed by atoms with Gasteiger partial charge >= 0.3 is 0 Å². The van der Waals surface area contributed by atoms with Crippen LogP contribution in [0.4, 0.5) is 0 Å². The molecule has 0 spiro atoms. The third-order valence-electron chi connectivity index (χ3n) is 3.14. The molecule has 1 aromatic carbocycles. The highest BCUT2D eigenvalue weighted by Gasteiger charge is 2.29. The van der Waals surface area contributed by atoms with Crippen LogP contribution >= 0.6 is 0 Å². The molecule has 0 N–H and O–H groups in total. The SMILES string of the molecule is C=C=C1CC(c2ccccc2)CC1OC. The predicted octanol–water partition coefficient (Wildman–Crippen LogP) is 3.29. The van der Waals surface area contributed by atoms with Gasteiger partial charge in [0.25, 0.3) is 0 Å². The van der Waals surface area contributed by atoms with Gasteiger partial charge in [-0.3, -0.25) is 0 Å². The van der Waals surface area contributed by atoms with E-state index >= 15 is 0 Å². The molecule has 0 aromatic heterocycles. The molecule has 0 bridgehead atoms. The summed E-state index contributed by atoms with van der Waals surface area (Å²) < 4.78 is 5.43. The summed E-state index contributed by atoms with van der Waals surface area (Å²) in [4.78, 5) is 0. The van der Waals surface area contributed by atoms with E-state index in [2.05, 4.69) is 42.6 Å². The highest BCUT2D eigenvalue weighted by molar-refractivity contribution is 5.27. The average Bonchev–Trinajstić information content (AvgIpc) is 2.73. The van der Waals surface area contributed by atoms with Gasteiger partial charge < -0.3 is 4.74 Å². The van der Waals surface area contributed by atoms with Gasteiger partial charge in [-0.2, -0.15) is 0 Å². The minimum absolute atomic E-state index is 0.215. The molecule has 1 heteroatoms. The summed E-state index contributed by atoms with van der Waals surface area (Å²) in [5.41, 5.74) is 5.61. The fourth-order valence-corrected chi connectivity index (χ4v) is 2.28. The van der Waals surface area contributed by atoms with Crippen molar-refractivity contribution in [3.63, 3.8) is 0 Å². The molecule has 0 heterocycles. The lowest BCUT2D eigenvalue weighted by Crippen LogP contribution is -2.06. The maximum Gasteiger partial charge on any atom is 0.0860 e. The van der Waals surface area contributed by atoms with Crippen molar-refractivity contribution in [2.75, 3.05) is 7.11 Å². The van der Waals surface area contributed by atoms with E-state index in [4.69, 9.17) is 4.74 Å². The third kappa shape index (κ3) is 2.04. The summed E-state index contributed by atoms with van der Waals surface area (Å²) >= 11 is 0. The Balaban J connectivity index is 2.19. The lowest BCUT2D eigenvalue weighted by molar-refractivity contribution is 0.135. The zero-order valence-corrected chi connectivity index (χ0v) is 9.07. The Hall–Kier alpha value is -1.30. The fourth-order valence-electron chi connectivity index (χ4n) is 2.28. The van der Waals surface area contributed by atoms with Crippen LogP contribution in [0.25, 0.3) is 0 Å². The van der Waals surface area contributed by atoms with Crippen LogP contribution in [0.2, 0.25) is 0 Å². The Kier molecular flexibility index (Phi) is 3.05. The number of hydrogen-bond acceptors (Lipinski definition) is 1. The lowest BCUT2D eigenvalue weighted by Gasteiger charge is -2.09. The largest absolute Gasteiger partial charge is 0.376 e. The predicted molar refractivity (Wildman–Crippen MR) is 61.9 cm³/mol. The van der Waals surface area contributed by atoms with Gasteiger partial charge in [-0.05, 0) is 24.3 Å². The summed E-state index contributed by atoms with van der Waals surface area (Å²) in [6.45, 7) is 3.73. The molecule has 1 aromatic rings. The summed E-state index contributed by atoms with van der Waals surface area (Å²) in [6, 6.07) is 10.6. The molecule has 1 fully saturated rings. The Morgan fingerprint density at radius 2 is 2.07 bits per heavy atom. The molecule has 0 aliphatic heterocycles. The van der Waals surface area contributed by atoms with Gasteiger partial charge in [0.15, 0.2) is 0 Å². The Labute approximate surface area is 91.1 Å². The van der Waals surface area contributed by atoms with Gasteiger partial charge in [-0.1, -0.05) is 36.9 Å². The van der Waals surface area contributed by atoms with Crippen molar-refractivity contribution in [1.82, 2.24) is 0 Å². The highest BCUT2D eigenvalue weighted by atomic mass is 16.5. The number of methoxy groups -OCH3 is 1. The average molecular weight is 200 g/mol. The minimum atomic E-state index is 0.215. The van der Waals surface area contributed by atoms with E-state index < -0.39 is 0 Å². The number of ether oxygens (including phenoxy) is 1. The monoisotopic (exact) mass is 200 g/mol. The highest BCUT2D eigenvalue weighted by Crippen LogP contribution is 2.38. The number of rotatable bonds is 2. The molecular formula is C14H16O. The second-order valence-electron chi connectivity index (χ2n) is 3.97. The van der Waals surface area contributed by atoms with Gasteiger partial charge in [0, 0.05) is 12.7 Å². The molecule has 1 aliphatic rings. The fraction of sp³-hybridized carbons (Fsp3) is 0.357. The first-order chi connectivity index (χ1) is 7.35. The Bertz CT molecular complexity index is 374. The summed E-state index contributed by atoms with van der Waals surface area (Å²) in [7, 11) is 1.76. The first-order valence-electron chi connectivity index (χ1n) is 5.31. The standard InChI is InChI=1S/C14H16O/c1-3-11-9-13(10-14(11)15-2)12-7-5-4-6-8-12/h4-8,13-14H,1,9-10H2,2H3.